The predicted octanol–water partition coefficient (Wildman–Crippen LogP) is 3.35. The molecule has 7 heteroatoms. The highest BCUT2D eigenvalue weighted by molar-refractivity contribution is 6.00. The van der Waals surface area contributed by atoms with Crippen molar-refractivity contribution in [3.8, 4) is 0 Å². The van der Waals surface area contributed by atoms with Crippen molar-refractivity contribution in [3.05, 3.63) is 64.2 Å². The number of hydrogen-bond acceptors (Lipinski definition) is 5. The standard InChI is InChI=1S/C27H35N5O2/c1-16-7-8-20(5)21(10-16)15-32-25(33)23-24(29(6)27(32)34)28-26-30(13-19(4)14-31(23)26)22-11-17(2)9-18(3)12-22/h7-12,19,23-24,26,28H,13-15H2,1-6H3. The quantitative estimate of drug-likeness (QED) is 0.760. The van der Waals surface area contributed by atoms with Gasteiger partial charge in [-0.2, -0.15) is 0 Å². The molecule has 5 rings (SSSR count). The molecule has 7 nitrogen and oxygen atoms in total. The van der Waals surface area contributed by atoms with E-state index < -0.39 is 6.04 Å². The molecule has 0 spiro atoms. The van der Waals surface area contributed by atoms with E-state index in [1.165, 1.54) is 16.0 Å². The predicted molar refractivity (Wildman–Crippen MR) is 133 cm³/mol. The van der Waals surface area contributed by atoms with E-state index >= 15 is 0 Å². The van der Waals surface area contributed by atoms with E-state index in [0.717, 1.165) is 35.5 Å². The SMILES string of the molecule is Cc1cc(C)cc(N2CC(C)CN3C4C(=O)N(Cc5cc(C)ccc5C)C(=O)N(C)C4NC23)c1. The van der Waals surface area contributed by atoms with Crippen LogP contribution in [0.3, 0.4) is 0 Å². The van der Waals surface area contributed by atoms with Gasteiger partial charge in [0.1, 0.15) is 18.5 Å². The Morgan fingerprint density at radius 2 is 1.65 bits per heavy atom. The van der Waals surface area contributed by atoms with Crippen LogP contribution in [0, 0.1) is 33.6 Å². The van der Waals surface area contributed by atoms with Crippen LogP contribution in [0.1, 0.15) is 34.7 Å². The smallest absolute Gasteiger partial charge is 0.328 e. The fourth-order valence-corrected chi connectivity index (χ4v) is 5.82. The molecule has 3 amide bonds. The number of nitrogens with zero attached hydrogens (tertiary/aromatic N) is 4. The number of carbonyl (C=O) groups is 2. The molecule has 0 bridgehead atoms. The zero-order valence-corrected chi connectivity index (χ0v) is 21.0. The van der Waals surface area contributed by atoms with Crippen LogP contribution in [0.5, 0.6) is 0 Å². The highest BCUT2D eigenvalue weighted by Crippen LogP contribution is 2.35. The average molecular weight is 462 g/mol. The molecule has 2 aromatic rings. The summed E-state index contributed by atoms with van der Waals surface area (Å²) in [4.78, 5) is 35.0. The van der Waals surface area contributed by atoms with Gasteiger partial charge in [-0.1, -0.05) is 36.8 Å². The summed E-state index contributed by atoms with van der Waals surface area (Å²) < 4.78 is 0. The molecule has 0 radical (unpaired) electrons. The summed E-state index contributed by atoms with van der Waals surface area (Å²) >= 11 is 0. The van der Waals surface area contributed by atoms with Crippen LogP contribution in [0.2, 0.25) is 0 Å². The summed E-state index contributed by atoms with van der Waals surface area (Å²) in [5, 5.41) is 3.63. The van der Waals surface area contributed by atoms with Crippen LogP contribution in [-0.4, -0.2) is 65.3 Å². The van der Waals surface area contributed by atoms with E-state index in [4.69, 9.17) is 0 Å². The fourth-order valence-electron chi connectivity index (χ4n) is 5.82. The second-order valence-electron chi connectivity index (χ2n) is 10.5. The zero-order chi connectivity index (χ0) is 24.3. The van der Waals surface area contributed by atoms with Crippen molar-refractivity contribution in [2.75, 3.05) is 25.0 Å². The van der Waals surface area contributed by atoms with Crippen LogP contribution in [0.25, 0.3) is 0 Å². The van der Waals surface area contributed by atoms with Gasteiger partial charge in [0.25, 0.3) is 5.91 Å². The van der Waals surface area contributed by atoms with Gasteiger partial charge in [-0.15, -0.1) is 0 Å². The maximum Gasteiger partial charge on any atom is 0.328 e. The summed E-state index contributed by atoms with van der Waals surface area (Å²) in [5.74, 6) is 0.277. The number of imide groups is 1. The number of anilines is 1. The van der Waals surface area contributed by atoms with Crippen LogP contribution in [0.4, 0.5) is 10.5 Å². The van der Waals surface area contributed by atoms with Gasteiger partial charge < -0.3 is 9.80 Å². The minimum atomic E-state index is -0.408. The number of aryl methyl sites for hydroxylation is 4. The molecule has 1 N–H and O–H groups in total. The normalized spacial score (nSPS) is 27.3. The number of hydrogen-bond donors (Lipinski definition) is 1. The van der Waals surface area contributed by atoms with Gasteiger partial charge in [-0.3, -0.25) is 19.9 Å². The van der Waals surface area contributed by atoms with E-state index in [1.807, 2.05) is 13.8 Å². The maximum absolute atomic E-state index is 13.9. The molecule has 3 aliphatic rings. The van der Waals surface area contributed by atoms with Crippen LogP contribution in [0.15, 0.2) is 36.4 Å². The number of benzene rings is 2. The van der Waals surface area contributed by atoms with Crippen molar-refractivity contribution in [1.82, 2.24) is 20.0 Å². The largest absolute Gasteiger partial charge is 0.343 e. The molecule has 2 aromatic carbocycles. The minimum Gasteiger partial charge on any atom is -0.343 e. The van der Waals surface area contributed by atoms with E-state index in [9.17, 15) is 9.59 Å². The zero-order valence-electron chi connectivity index (χ0n) is 21.0. The topological polar surface area (TPSA) is 59.1 Å². The molecule has 4 unspecified atom stereocenters. The molecule has 34 heavy (non-hydrogen) atoms. The Morgan fingerprint density at radius 1 is 0.941 bits per heavy atom. The Morgan fingerprint density at radius 3 is 2.35 bits per heavy atom. The summed E-state index contributed by atoms with van der Waals surface area (Å²) in [6, 6.07) is 12.1. The van der Waals surface area contributed by atoms with Gasteiger partial charge in [0.2, 0.25) is 0 Å². The van der Waals surface area contributed by atoms with Gasteiger partial charge in [0.05, 0.1) is 6.54 Å². The monoisotopic (exact) mass is 461 g/mol. The average Bonchev–Trinajstić information content (AvgIpc) is 3.15. The molecule has 3 saturated heterocycles. The molecular weight excluding hydrogens is 426 g/mol. The highest BCUT2D eigenvalue weighted by atomic mass is 16.2. The minimum absolute atomic E-state index is 0.113. The Hall–Kier alpha value is -2.90. The van der Waals surface area contributed by atoms with Crippen molar-refractivity contribution in [2.45, 2.75) is 59.7 Å². The molecule has 180 valence electrons. The van der Waals surface area contributed by atoms with Gasteiger partial charge in [0.15, 0.2) is 0 Å². The number of carbonyl (C=O) groups excluding carboxylic acids is 2. The summed E-state index contributed by atoms with van der Waals surface area (Å²) in [6.45, 7) is 12.5. The fraction of sp³-hybridized carbons (Fsp3) is 0.481. The van der Waals surface area contributed by atoms with Crippen LogP contribution >= 0.6 is 0 Å². The number of amides is 3. The first-order valence-corrected chi connectivity index (χ1v) is 12.1. The third-order valence-electron chi connectivity index (χ3n) is 7.46. The van der Waals surface area contributed by atoms with E-state index in [2.05, 4.69) is 72.3 Å². The van der Waals surface area contributed by atoms with Crippen molar-refractivity contribution in [3.63, 3.8) is 0 Å². The molecular formula is C27H35N5O2. The Labute approximate surface area is 202 Å². The third kappa shape index (κ3) is 3.77. The van der Waals surface area contributed by atoms with E-state index in [0.29, 0.717) is 12.5 Å². The number of likely N-dealkylation sites (N-methyl/N-ethyl adjacent to an activating group) is 1. The molecule has 3 fully saturated rings. The van der Waals surface area contributed by atoms with Crippen molar-refractivity contribution < 1.29 is 9.59 Å². The Bertz CT molecular complexity index is 1130. The van der Waals surface area contributed by atoms with Gasteiger partial charge in [-0.25, -0.2) is 4.79 Å². The number of rotatable bonds is 3. The van der Waals surface area contributed by atoms with Gasteiger partial charge in [-0.05, 0) is 68.0 Å². The summed E-state index contributed by atoms with van der Waals surface area (Å²) in [5.41, 5.74) is 6.82. The summed E-state index contributed by atoms with van der Waals surface area (Å²) in [7, 11) is 1.80. The van der Waals surface area contributed by atoms with Gasteiger partial charge in [0, 0.05) is 25.8 Å². The second-order valence-corrected chi connectivity index (χ2v) is 10.5. The number of urea groups is 1. The van der Waals surface area contributed by atoms with Crippen molar-refractivity contribution in [2.24, 2.45) is 5.92 Å². The number of nitrogens with one attached hydrogen (secondary N) is 1. The molecule has 4 atom stereocenters. The van der Waals surface area contributed by atoms with E-state index in [1.54, 1.807) is 11.9 Å². The highest BCUT2D eigenvalue weighted by Gasteiger charge is 2.56. The molecule has 3 heterocycles. The van der Waals surface area contributed by atoms with Gasteiger partial charge >= 0.3 is 6.03 Å². The molecule has 0 aliphatic carbocycles. The van der Waals surface area contributed by atoms with Crippen LogP contribution < -0.4 is 10.2 Å². The lowest BCUT2D eigenvalue weighted by molar-refractivity contribution is -0.139. The lowest BCUT2D eigenvalue weighted by Crippen LogP contribution is -2.66. The molecule has 0 aromatic heterocycles. The van der Waals surface area contributed by atoms with Crippen molar-refractivity contribution >= 4 is 17.6 Å². The first-order chi connectivity index (χ1) is 16.1. The molecule has 0 saturated carbocycles. The lowest BCUT2D eigenvalue weighted by atomic mass is 10.0. The first kappa shape index (κ1) is 22.9. The maximum atomic E-state index is 13.9. The number of fused-ring (bicyclic) bond motifs is 3. The molecule has 3 aliphatic heterocycles. The third-order valence-corrected chi connectivity index (χ3v) is 7.46. The van der Waals surface area contributed by atoms with Crippen LogP contribution in [-0.2, 0) is 11.3 Å². The summed E-state index contributed by atoms with van der Waals surface area (Å²) in [6.07, 6.45) is -0.481. The second kappa shape index (κ2) is 8.40. The first-order valence-electron chi connectivity index (χ1n) is 12.1. The lowest BCUT2D eigenvalue weighted by Gasteiger charge is -2.46. The van der Waals surface area contributed by atoms with E-state index in [-0.39, 0.29) is 24.4 Å². The Balaban J connectivity index is 1.48. The Kier molecular flexibility index (Phi) is 5.65. The van der Waals surface area contributed by atoms with Crippen molar-refractivity contribution in [1.29, 1.82) is 0 Å².